The highest BCUT2D eigenvalue weighted by molar-refractivity contribution is 5.26. The molecule has 2 aliphatic heterocycles. The molecule has 0 aromatic carbocycles. The molecule has 0 unspecified atom stereocenters. The van der Waals surface area contributed by atoms with Crippen LogP contribution in [0.25, 0.3) is 0 Å². The number of aryl methyl sites for hydroxylation is 1. The van der Waals surface area contributed by atoms with Crippen molar-refractivity contribution < 1.29 is 4.42 Å². The average molecular weight is 278 g/mol. The van der Waals surface area contributed by atoms with Crippen LogP contribution in [0.3, 0.4) is 0 Å². The Morgan fingerprint density at radius 3 is 2.70 bits per heavy atom. The topological polar surface area (TPSA) is 45.4 Å². The summed E-state index contributed by atoms with van der Waals surface area (Å²) in [5.41, 5.74) is 0.435. The fourth-order valence-electron chi connectivity index (χ4n) is 3.85. The summed E-state index contributed by atoms with van der Waals surface area (Å²) in [6.45, 7) is 6.71. The maximum Gasteiger partial charge on any atom is 0.318 e. The summed E-state index contributed by atoms with van der Waals surface area (Å²) in [5.74, 6) is 0.780. The Hall–Kier alpha value is -1.10. The number of hydrogen-bond acceptors (Lipinski definition) is 5. The van der Waals surface area contributed by atoms with E-state index in [9.17, 15) is 0 Å². The van der Waals surface area contributed by atoms with Crippen LogP contribution in [0.2, 0.25) is 0 Å². The first-order chi connectivity index (χ1) is 9.71. The van der Waals surface area contributed by atoms with Crippen LogP contribution in [-0.4, -0.2) is 48.3 Å². The zero-order valence-corrected chi connectivity index (χ0v) is 12.8. The van der Waals surface area contributed by atoms with Crippen molar-refractivity contribution in [2.75, 3.05) is 38.1 Å². The number of likely N-dealkylation sites (tertiary alicyclic amines) is 1. The van der Waals surface area contributed by atoms with Crippen molar-refractivity contribution in [3.05, 3.63) is 5.89 Å². The van der Waals surface area contributed by atoms with Crippen molar-refractivity contribution in [3.8, 4) is 0 Å². The summed E-state index contributed by atoms with van der Waals surface area (Å²) >= 11 is 0. The van der Waals surface area contributed by atoms with E-state index in [0.717, 1.165) is 37.8 Å². The summed E-state index contributed by atoms with van der Waals surface area (Å²) in [5, 5.41) is 8.41. The molecule has 0 N–H and O–H groups in total. The van der Waals surface area contributed by atoms with Gasteiger partial charge in [-0.15, -0.1) is 5.10 Å². The van der Waals surface area contributed by atoms with Gasteiger partial charge in [0.25, 0.3) is 0 Å². The first-order valence-corrected chi connectivity index (χ1v) is 7.97. The molecule has 0 amide bonds. The van der Waals surface area contributed by atoms with Gasteiger partial charge in [-0.2, -0.15) is 0 Å². The molecule has 5 heteroatoms. The van der Waals surface area contributed by atoms with E-state index in [1.165, 1.54) is 38.8 Å². The monoisotopic (exact) mass is 278 g/mol. The lowest BCUT2D eigenvalue weighted by Crippen LogP contribution is -2.51. The molecule has 20 heavy (non-hydrogen) atoms. The summed E-state index contributed by atoms with van der Waals surface area (Å²) < 4.78 is 5.81. The normalized spacial score (nSPS) is 28.2. The molecule has 112 valence electrons. The van der Waals surface area contributed by atoms with Crippen LogP contribution in [0, 0.1) is 5.41 Å². The number of nitrogens with zero attached hydrogens (tertiary/aromatic N) is 4. The maximum atomic E-state index is 5.81. The lowest BCUT2D eigenvalue weighted by atomic mass is 9.74. The van der Waals surface area contributed by atoms with Gasteiger partial charge in [-0.3, -0.25) is 0 Å². The largest absolute Gasteiger partial charge is 0.408 e. The lowest BCUT2D eigenvalue weighted by molar-refractivity contribution is 0.0893. The lowest BCUT2D eigenvalue weighted by Gasteiger charge is -2.47. The van der Waals surface area contributed by atoms with E-state index in [-0.39, 0.29) is 0 Å². The molecule has 3 rings (SSSR count). The van der Waals surface area contributed by atoms with E-state index >= 15 is 0 Å². The molecule has 2 fully saturated rings. The molecular formula is C15H26N4O. The summed E-state index contributed by atoms with van der Waals surface area (Å²) in [6.07, 6.45) is 7.16. The number of anilines is 1. The smallest absolute Gasteiger partial charge is 0.318 e. The molecule has 1 aromatic heterocycles. The molecule has 1 atom stereocenters. The van der Waals surface area contributed by atoms with Crippen molar-refractivity contribution >= 4 is 6.01 Å². The number of hydrogen-bond donors (Lipinski definition) is 0. The molecule has 0 saturated carbocycles. The zero-order valence-electron chi connectivity index (χ0n) is 12.8. The van der Waals surface area contributed by atoms with Gasteiger partial charge in [0.05, 0.1) is 0 Å². The van der Waals surface area contributed by atoms with Crippen LogP contribution in [0.1, 0.15) is 44.9 Å². The molecule has 5 nitrogen and oxygen atoms in total. The van der Waals surface area contributed by atoms with Crippen molar-refractivity contribution in [2.45, 2.75) is 45.4 Å². The Balaban J connectivity index is 1.70. The van der Waals surface area contributed by atoms with Gasteiger partial charge in [0.15, 0.2) is 0 Å². The molecule has 2 aliphatic rings. The number of aromatic nitrogens is 2. The Morgan fingerprint density at radius 2 is 1.95 bits per heavy atom. The van der Waals surface area contributed by atoms with Crippen LogP contribution in [0.4, 0.5) is 6.01 Å². The minimum atomic E-state index is 0.435. The molecule has 0 bridgehead atoms. The minimum Gasteiger partial charge on any atom is -0.408 e. The van der Waals surface area contributed by atoms with E-state index in [2.05, 4.69) is 34.0 Å². The van der Waals surface area contributed by atoms with Gasteiger partial charge in [-0.25, -0.2) is 0 Å². The van der Waals surface area contributed by atoms with Crippen LogP contribution >= 0.6 is 0 Å². The molecular weight excluding hydrogens is 252 g/mol. The van der Waals surface area contributed by atoms with Crippen LogP contribution in [0.5, 0.6) is 0 Å². The maximum absolute atomic E-state index is 5.81. The Labute approximate surface area is 121 Å². The zero-order chi connectivity index (χ0) is 14.0. The standard InChI is InChI=1S/C15H26N4O/c1-3-6-13-16-17-14(20-13)19-10-5-8-15(12-19)7-4-9-18(2)11-15/h3-12H2,1-2H3/t15-/m1/s1. The molecule has 3 heterocycles. The minimum absolute atomic E-state index is 0.435. The van der Waals surface area contributed by atoms with Crippen molar-refractivity contribution in [1.82, 2.24) is 15.1 Å². The highest BCUT2D eigenvalue weighted by Gasteiger charge is 2.39. The Kier molecular flexibility index (Phi) is 3.96. The third-order valence-electron chi connectivity index (χ3n) is 4.70. The van der Waals surface area contributed by atoms with Gasteiger partial charge in [0, 0.05) is 31.5 Å². The van der Waals surface area contributed by atoms with E-state index in [1.54, 1.807) is 0 Å². The quantitative estimate of drug-likeness (QED) is 0.849. The third kappa shape index (κ3) is 2.82. The highest BCUT2D eigenvalue weighted by Crippen LogP contribution is 2.39. The molecule has 1 spiro atoms. The predicted molar refractivity (Wildman–Crippen MR) is 78.9 cm³/mol. The van der Waals surface area contributed by atoms with Gasteiger partial charge in [-0.1, -0.05) is 12.0 Å². The van der Waals surface area contributed by atoms with E-state index in [1.807, 2.05) is 0 Å². The van der Waals surface area contributed by atoms with Gasteiger partial charge in [-0.05, 0) is 45.7 Å². The van der Waals surface area contributed by atoms with Crippen LogP contribution in [0.15, 0.2) is 4.42 Å². The average Bonchev–Trinajstić information content (AvgIpc) is 2.88. The van der Waals surface area contributed by atoms with E-state index in [0.29, 0.717) is 5.41 Å². The van der Waals surface area contributed by atoms with Crippen LogP contribution in [-0.2, 0) is 6.42 Å². The molecule has 0 aliphatic carbocycles. The molecule has 0 radical (unpaired) electrons. The second kappa shape index (κ2) is 5.72. The summed E-state index contributed by atoms with van der Waals surface area (Å²) in [7, 11) is 2.24. The van der Waals surface area contributed by atoms with Gasteiger partial charge in [0.1, 0.15) is 0 Å². The Morgan fingerprint density at radius 1 is 1.15 bits per heavy atom. The second-order valence-electron chi connectivity index (χ2n) is 6.59. The van der Waals surface area contributed by atoms with Gasteiger partial charge >= 0.3 is 6.01 Å². The van der Waals surface area contributed by atoms with Crippen molar-refractivity contribution in [3.63, 3.8) is 0 Å². The van der Waals surface area contributed by atoms with E-state index in [4.69, 9.17) is 4.42 Å². The number of piperidine rings is 2. The van der Waals surface area contributed by atoms with Crippen molar-refractivity contribution in [2.24, 2.45) is 5.41 Å². The third-order valence-corrected chi connectivity index (χ3v) is 4.70. The first-order valence-electron chi connectivity index (χ1n) is 7.97. The fraction of sp³-hybridized carbons (Fsp3) is 0.867. The van der Waals surface area contributed by atoms with Gasteiger partial charge in [0.2, 0.25) is 5.89 Å². The van der Waals surface area contributed by atoms with Gasteiger partial charge < -0.3 is 14.2 Å². The predicted octanol–water partition coefficient (Wildman–Crippen LogP) is 2.33. The Bertz CT molecular complexity index is 443. The van der Waals surface area contributed by atoms with Crippen LogP contribution < -0.4 is 4.90 Å². The van der Waals surface area contributed by atoms with Crippen molar-refractivity contribution in [1.29, 1.82) is 0 Å². The summed E-state index contributed by atoms with van der Waals surface area (Å²) in [4.78, 5) is 4.79. The first kappa shape index (κ1) is 13.9. The summed E-state index contributed by atoms with van der Waals surface area (Å²) in [6, 6.07) is 0.737. The SMILES string of the molecule is CCCc1nnc(N2CCC[C@@]3(CCCN(C)C3)C2)o1. The second-order valence-corrected chi connectivity index (χ2v) is 6.59. The highest BCUT2D eigenvalue weighted by atomic mass is 16.4. The molecule has 2 saturated heterocycles. The fourth-order valence-corrected chi connectivity index (χ4v) is 3.85. The molecule has 1 aromatic rings. The van der Waals surface area contributed by atoms with E-state index < -0.39 is 0 Å². The number of rotatable bonds is 3.